The van der Waals surface area contributed by atoms with Gasteiger partial charge in [-0.25, -0.2) is 9.67 Å². The zero-order valence-corrected chi connectivity index (χ0v) is 10.9. The first-order valence-electron chi connectivity index (χ1n) is 6.19. The zero-order chi connectivity index (χ0) is 13.2. The minimum Gasteiger partial charge on any atom is -0.496 e. The molecule has 19 heavy (non-hydrogen) atoms. The van der Waals surface area contributed by atoms with Crippen LogP contribution >= 0.6 is 0 Å². The molecule has 0 unspecified atom stereocenters. The van der Waals surface area contributed by atoms with Crippen LogP contribution in [0.5, 0.6) is 17.2 Å². The highest BCUT2D eigenvalue weighted by molar-refractivity contribution is 5.70. The smallest absolute Gasteiger partial charge is 0.231 e. The molecule has 3 rings (SSSR count). The lowest BCUT2D eigenvalue weighted by Gasteiger charge is -2.10. The van der Waals surface area contributed by atoms with Crippen molar-refractivity contribution in [3.8, 4) is 28.6 Å². The Morgan fingerprint density at radius 1 is 1.32 bits per heavy atom. The molecule has 1 aliphatic heterocycles. The Balaban J connectivity index is 2.10. The molecule has 1 aromatic heterocycles. The number of hydrogen-bond acceptors (Lipinski definition) is 5. The summed E-state index contributed by atoms with van der Waals surface area (Å²) in [5, 5.41) is 4.23. The molecule has 1 aliphatic rings. The fourth-order valence-corrected chi connectivity index (χ4v) is 2.12. The van der Waals surface area contributed by atoms with Gasteiger partial charge in [-0.15, -0.1) is 0 Å². The van der Waals surface area contributed by atoms with Gasteiger partial charge >= 0.3 is 0 Å². The lowest BCUT2D eigenvalue weighted by molar-refractivity contribution is 0.174. The van der Waals surface area contributed by atoms with E-state index in [1.54, 1.807) is 13.4 Å². The van der Waals surface area contributed by atoms with Crippen molar-refractivity contribution in [2.24, 2.45) is 0 Å². The molecule has 1 aromatic carbocycles. The van der Waals surface area contributed by atoms with Crippen LogP contribution in [-0.4, -0.2) is 28.7 Å². The van der Waals surface area contributed by atoms with Crippen LogP contribution in [0.25, 0.3) is 11.4 Å². The predicted octanol–water partition coefficient (Wildman–Crippen LogP) is 2.09. The Morgan fingerprint density at radius 2 is 2.11 bits per heavy atom. The second-order valence-electron chi connectivity index (χ2n) is 4.21. The van der Waals surface area contributed by atoms with Gasteiger partial charge in [0.05, 0.1) is 12.7 Å². The molecule has 0 bridgehead atoms. The van der Waals surface area contributed by atoms with Crippen molar-refractivity contribution in [1.82, 2.24) is 14.8 Å². The van der Waals surface area contributed by atoms with Crippen molar-refractivity contribution < 1.29 is 14.2 Å². The normalized spacial score (nSPS) is 12.7. The lowest BCUT2D eigenvalue weighted by atomic mass is 10.1. The number of rotatable bonds is 4. The highest BCUT2D eigenvalue weighted by Gasteiger charge is 2.21. The van der Waals surface area contributed by atoms with E-state index >= 15 is 0 Å². The maximum absolute atomic E-state index is 5.41. The molecule has 0 saturated carbocycles. The first-order chi connectivity index (χ1) is 9.33. The highest BCUT2D eigenvalue weighted by Crippen LogP contribution is 2.41. The Hall–Kier alpha value is -2.24. The molecule has 0 amide bonds. The van der Waals surface area contributed by atoms with Crippen LogP contribution in [-0.2, 0) is 6.54 Å². The summed E-state index contributed by atoms with van der Waals surface area (Å²) in [5.74, 6) is 2.88. The number of aromatic nitrogens is 3. The Morgan fingerprint density at radius 3 is 2.84 bits per heavy atom. The van der Waals surface area contributed by atoms with Gasteiger partial charge in [0.25, 0.3) is 0 Å². The molecule has 6 nitrogen and oxygen atoms in total. The minimum atomic E-state index is 0.240. The summed E-state index contributed by atoms with van der Waals surface area (Å²) in [5.41, 5.74) is 0.859. The molecular weight excluding hydrogens is 246 g/mol. The molecule has 0 saturated heterocycles. The fourth-order valence-electron chi connectivity index (χ4n) is 2.12. The van der Waals surface area contributed by atoms with Crippen LogP contribution in [0.2, 0.25) is 0 Å². The topological polar surface area (TPSA) is 58.4 Å². The third-order valence-electron chi connectivity index (χ3n) is 2.99. The maximum atomic E-state index is 5.41. The van der Waals surface area contributed by atoms with E-state index in [1.807, 2.05) is 16.8 Å². The molecule has 2 heterocycles. The van der Waals surface area contributed by atoms with Crippen molar-refractivity contribution in [3.63, 3.8) is 0 Å². The van der Waals surface area contributed by atoms with Gasteiger partial charge in [-0.1, -0.05) is 6.92 Å². The molecule has 0 N–H and O–H groups in total. The number of fused-ring (bicyclic) bond motifs is 1. The SMILES string of the molecule is CCCn1ncnc1-c1cc2c(cc1OC)OCO2. The number of aryl methyl sites for hydroxylation is 1. The van der Waals surface area contributed by atoms with E-state index in [4.69, 9.17) is 14.2 Å². The van der Waals surface area contributed by atoms with Crippen LogP contribution in [0.1, 0.15) is 13.3 Å². The van der Waals surface area contributed by atoms with E-state index in [2.05, 4.69) is 17.0 Å². The second-order valence-corrected chi connectivity index (χ2v) is 4.21. The molecule has 6 heteroatoms. The van der Waals surface area contributed by atoms with E-state index < -0.39 is 0 Å². The van der Waals surface area contributed by atoms with E-state index in [0.717, 1.165) is 24.4 Å². The monoisotopic (exact) mass is 261 g/mol. The molecule has 100 valence electrons. The maximum Gasteiger partial charge on any atom is 0.231 e. The number of nitrogens with zero attached hydrogens (tertiary/aromatic N) is 3. The third kappa shape index (κ3) is 1.99. The van der Waals surface area contributed by atoms with Crippen LogP contribution in [0, 0.1) is 0 Å². The molecule has 2 aromatic rings. The Kier molecular flexibility index (Phi) is 2.98. The van der Waals surface area contributed by atoms with Crippen molar-refractivity contribution in [2.45, 2.75) is 19.9 Å². The number of ether oxygens (including phenoxy) is 3. The molecule has 0 atom stereocenters. The summed E-state index contributed by atoms with van der Waals surface area (Å²) in [6, 6.07) is 3.71. The summed E-state index contributed by atoms with van der Waals surface area (Å²) in [4.78, 5) is 4.31. The standard InChI is InChI=1S/C13H15N3O3/c1-3-4-16-13(14-7-15-16)9-5-11-12(19-8-18-11)6-10(9)17-2/h5-7H,3-4,8H2,1-2H3. The Bertz CT molecular complexity index is 595. The van der Waals surface area contributed by atoms with Gasteiger partial charge in [0.15, 0.2) is 17.3 Å². The summed E-state index contributed by atoms with van der Waals surface area (Å²) in [7, 11) is 1.63. The number of methoxy groups -OCH3 is 1. The second kappa shape index (κ2) is 4.79. The summed E-state index contributed by atoms with van der Waals surface area (Å²) < 4.78 is 18.0. The average molecular weight is 261 g/mol. The average Bonchev–Trinajstić information content (AvgIpc) is 3.05. The van der Waals surface area contributed by atoms with Crippen molar-refractivity contribution in [3.05, 3.63) is 18.5 Å². The first kappa shape index (κ1) is 11.8. The van der Waals surface area contributed by atoms with Crippen LogP contribution < -0.4 is 14.2 Å². The molecule has 0 radical (unpaired) electrons. The Labute approximate surface area is 110 Å². The van der Waals surface area contributed by atoms with Crippen LogP contribution in [0.15, 0.2) is 18.5 Å². The predicted molar refractivity (Wildman–Crippen MR) is 68.4 cm³/mol. The van der Waals surface area contributed by atoms with E-state index in [1.165, 1.54) is 0 Å². The number of hydrogen-bond donors (Lipinski definition) is 0. The van der Waals surface area contributed by atoms with Gasteiger partial charge in [-0.2, -0.15) is 5.10 Å². The largest absolute Gasteiger partial charge is 0.496 e. The highest BCUT2D eigenvalue weighted by atomic mass is 16.7. The number of benzene rings is 1. The van der Waals surface area contributed by atoms with Gasteiger partial charge in [-0.05, 0) is 12.5 Å². The summed E-state index contributed by atoms with van der Waals surface area (Å²) in [6.07, 6.45) is 2.54. The van der Waals surface area contributed by atoms with Gasteiger partial charge in [0, 0.05) is 12.6 Å². The lowest BCUT2D eigenvalue weighted by Crippen LogP contribution is -2.02. The first-order valence-corrected chi connectivity index (χ1v) is 6.19. The quantitative estimate of drug-likeness (QED) is 0.843. The van der Waals surface area contributed by atoms with Gasteiger partial charge in [0.2, 0.25) is 6.79 Å². The summed E-state index contributed by atoms with van der Waals surface area (Å²) in [6.45, 7) is 3.15. The van der Waals surface area contributed by atoms with Gasteiger partial charge < -0.3 is 14.2 Å². The van der Waals surface area contributed by atoms with Crippen molar-refractivity contribution >= 4 is 0 Å². The zero-order valence-electron chi connectivity index (χ0n) is 10.9. The molecular formula is C13H15N3O3. The van der Waals surface area contributed by atoms with Gasteiger partial charge in [0.1, 0.15) is 12.1 Å². The summed E-state index contributed by atoms with van der Waals surface area (Å²) >= 11 is 0. The van der Waals surface area contributed by atoms with Crippen molar-refractivity contribution in [2.75, 3.05) is 13.9 Å². The van der Waals surface area contributed by atoms with E-state index in [-0.39, 0.29) is 6.79 Å². The van der Waals surface area contributed by atoms with Gasteiger partial charge in [-0.3, -0.25) is 0 Å². The third-order valence-corrected chi connectivity index (χ3v) is 2.99. The van der Waals surface area contributed by atoms with E-state index in [9.17, 15) is 0 Å². The molecule has 0 aliphatic carbocycles. The minimum absolute atomic E-state index is 0.240. The van der Waals surface area contributed by atoms with Crippen LogP contribution in [0.4, 0.5) is 0 Å². The molecule has 0 spiro atoms. The van der Waals surface area contributed by atoms with E-state index in [0.29, 0.717) is 17.2 Å². The molecule has 0 fully saturated rings. The van der Waals surface area contributed by atoms with Crippen LogP contribution in [0.3, 0.4) is 0 Å². The fraction of sp³-hybridized carbons (Fsp3) is 0.385. The van der Waals surface area contributed by atoms with Crippen molar-refractivity contribution in [1.29, 1.82) is 0 Å².